The first-order chi connectivity index (χ1) is 17.1. The fraction of sp³-hybridized carbons (Fsp3) is 0.345. The molecule has 0 spiro atoms. The van der Waals surface area contributed by atoms with Crippen LogP contribution in [-0.2, 0) is 14.5 Å². The second kappa shape index (κ2) is 10.9. The van der Waals surface area contributed by atoms with Crippen molar-refractivity contribution in [2.45, 2.75) is 63.4 Å². The minimum absolute atomic E-state index is 0.0119. The summed E-state index contributed by atoms with van der Waals surface area (Å²) in [7, 11) is -2.67. The van der Waals surface area contributed by atoms with Gasteiger partial charge < -0.3 is 5.32 Å². The Morgan fingerprint density at radius 2 is 1.56 bits per heavy atom. The highest BCUT2D eigenvalue weighted by atomic mass is 32.2. The fourth-order valence-corrected chi connectivity index (χ4v) is 6.33. The maximum absolute atomic E-state index is 13.4. The van der Waals surface area contributed by atoms with Crippen molar-refractivity contribution in [3.63, 3.8) is 0 Å². The Labute approximate surface area is 213 Å². The van der Waals surface area contributed by atoms with Gasteiger partial charge in [0.05, 0.1) is 15.7 Å². The van der Waals surface area contributed by atoms with Crippen molar-refractivity contribution in [3.05, 3.63) is 83.4 Å². The van der Waals surface area contributed by atoms with Crippen LogP contribution in [0.1, 0.15) is 55.6 Å². The second-order valence-electron chi connectivity index (χ2n) is 9.79. The number of pyridine rings is 1. The molecule has 4 rings (SSSR count). The summed E-state index contributed by atoms with van der Waals surface area (Å²) in [5, 5.41) is 3.05. The van der Waals surface area contributed by atoms with E-state index in [1.807, 2.05) is 57.2 Å². The predicted octanol–water partition coefficient (Wildman–Crippen LogP) is 5.52. The van der Waals surface area contributed by atoms with E-state index in [1.54, 1.807) is 12.1 Å². The van der Waals surface area contributed by atoms with E-state index in [-0.39, 0.29) is 29.7 Å². The van der Waals surface area contributed by atoms with E-state index in [9.17, 15) is 13.4 Å². The molecule has 190 valence electrons. The lowest BCUT2D eigenvalue weighted by atomic mass is 9.85. The van der Waals surface area contributed by atoms with Crippen LogP contribution in [0.25, 0.3) is 11.1 Å². The molecular formula is C29H34FN3O2S. The molecule has 2 atom stereocenters. The number of benzene rings is 2. The van der Waals surface area contributed by atoms with Gasteiger partial charge in [-0.1, -0.05) is 24.3 Å². The molecular weight excluding hydrogens is 473 g/mol. The Kier molecular flexibility index (Phi) is 7.91. The zero-order chi connectivity index (χ0) is 25.9. The highest BCUT2D eigenvalue weighted by molar-refractivity contribution is 7.98. The normalized spacial score (nSPS) is 20.3. The third kappa shape index (κ3) is 6.39. The van der Waals surface area contributed by atoms with Crippen molar-refractivity contribution in [1.29, 1.82) is 0 Å². The first-order valence-electron chi connectivity index (χ1n) is 12.4. The number of nitrogens with zero attached hydrogens (tertiary/aromatic N) is 1. The van der Waals surface area contributed by atoms with Crippen molar-refractivity contribution in [2.24, 2.45) is 5.92 Å². The van der Waals surface area contributed by atoms with Gasteiger partial charge in [0.2, 0.25) is 5.91 Å². The maximum Gasteiger partial charge on any atom is 0.223 e. The van der Waals surface area contributed by atoms with Gasteiger partial charge in [-0.2, -0.15) is 0 Å². The Balaban J connectivity index is 1.31. The summed E-state index contributed by atoms with van der Waals surface area (Å²) in [5.41, 5.74) is 4.93. The van der Waals surface area contributed by atoms with Gasteiger partial charge in [0.15, 0.2) is 0 Å². The molecule has 2 aromatic carbocycles. The topological polar surface area (TPSA) is 71.1 Å². The number of aryl methyl sites for hydroxylation is 2. The number of rotatable bonds is 7. The van der Waals surface area contributed by atoms with Crippen LogP contribution in [0, 0.1) is 25.6 Å². The quantitative estimate of drug-likeness (QED) is 0.414. The lowest BCUT2D eigenvalue weighted by molar-refractivity contribution is -0.126. The SMILES string of the molecule is C=S(=O)(N[C@H]1CC[C@H](C(=O)N[C@H](C)c2ccc(F)cc2)CC1)c1ccc(-c2cc(C)nc(C)c2)cc1. The number of nitrogens with one attached hydrogen (secondary N) is 2. The van der Waals surface area contributed by atoms with Crippen LogP contribution in [0.4, 0.5) is 4.39 Å². The van der Waals surface area contributed by atoms with Crippen molar-refractivity contribution in [3.8, 4) is 11.1 Å². The first-order valence-corrected chi connectivity index (χ1v) is 14.1. The largest absolute Gasteiger partial charge is 0.349 e. The second-order valence-corrected chi connectivity index (χ2v) is 11.8. The molecule has 0 aliphatic heterocycles. The lowest BCUT2D eigenvalue weighted by Gasteiger charge is -2.30. The highest BCUT2D eigenvalue weighted by Crippen LogP contribution is 2.28. The van der Waals surface area contributed by atoms with Crippen LogP contribution in [0.5, 0.6) is 0 Å². The summed E-state index contributed by atoms with van der Waals surface area (Å²) in [6.07, 6.45) is 2.94. The number of carbonyl (C=O) groups is 1. The fourth-order valence-electron chi connectivity index (χ4n) is 4.85. The van der Waals surface area contributed by atoms with Gasteiger partial charge in [0.25, 0.3) is 0 Å². The molecule has 1 fully saturated rings. The van der Waals surface area contributed by atoms with Crippen LogP contribution >= 0.6 is 0 Å². The summed E-state index contributed by atoms with van der Waals surface area (Å²) in [5.74, 6) is 3.63. The number of hydrogen-bond acceptors (Lipinski definition) is 3. The zero-order valence-electron chi connectivity index (χ0n) is 21.1. The molecule has 0 saturated heterocycles. The number of carbonyl (C=O) groups excluding carboxylic acids is 1. The van der Waals surface area contributed by atoms with Gasteiger partial charge in [0.1, 0.15) is 5.82 Å². The van der Waals surface area contributed by atoms with Crippen LogP contribution in [0.15, 0.2) is 65.6 Å². The van der Waals surface area contributed by atoms with Crippen molar-refractivity contribution >= 4 is 21.5 Å². The van der Waals surface area contributed by atoms with E-state index in [2.05, 4.69) is 20.9 Å². The predicted molar refractivity (Wildman–Crippen MR) is 145 cm³/mol. The smallest absolute Gasteiger partial charge is 0.223 e. The van der Waals surface area contributed by atoms with E-state index < -0.39 is 9.71 Å². The Morgan fingerprint density at radius 3 is 2.14 bits per heavy atom. The third-order valence-corrected chi connectivity index (χ3v) is 8.58. The molecule has 2 N–H and O–H groups in total. The first kappa shape index (κ1) is 26.0. The Hall–Kier alpha value is -3.03. The van der Waals surface area contributed by atoms with Crippen molar-refractivity contribution in [2.75, 3.05) is 0 Å². The van der Waals surface area contributed by atoms with Crippen LogP contribution < -0.4 is 10.0 Å². The molecule has 1 amide bonds. The number of amides is 1. The summed E-state index contributed by atoms with van der Waals surface area (Å²) in [6.45, 7) is 5.85. The third-order valence-electron chi connectivity index (χ3n) is 6.83. The number of aromatic nitrogens is 1. The minimum Gasteiger partial charge on any atom is -0.349 e. The minimum atomic E-state index is -2.67. The maximum atomic E-state index is 13.4. The van der Waals surface area contributed by atoms with E-state index in [0.29, 0.717) is 4.90 Å². The molecule has 1 heterocycles. The van der Waals surface area contributed by atoms with Gasteiger partial charge in [-0.3, -0.25) is 9.78 Å². The van der Waals surface area contributed by atoms with Gasteiger partial charge in [-0.05, 0) is 105 Å². The highest BCUT2D eigenvalue weighted by Gasteiger charge is 2.28. The zero-order valence-corrected chi connectivity index (χ0v) is 21.9. The standard InChI is InChI=1S/C29H34FN3O2S/c1-19-17-25(18-20(2)31-19)23-9-15-28(16-10-23)36(4,35)33-27-13-7-24(8-14-27)29(34)32-21(3)22-5-11-26(30)12-6-22/h5-6,9-12,15-18,21,24,27H,4,7-8,13-14H2,1-3H3,(H,32,34)(H,33,35)/t21-,24-,27-,36?/m1/s1. The van der Waals surface area contributed by atoms with Crippen molar-refractivity contribution < 1.29 is 13.4 Å². The average Bonchev–Trinajstić information content (AvgIpc) is 2.84. The van der Waals surface area contributed by atoms with Gasteiger partial charge >= 0.3 is 0 Å². The molecule has 0 bridgehead atoms. The van der Waals surface area contributed by atoms with Crippen LogP contribution in [-0.4, -0.2) is 27.0 Å². The molecule has 7 heteroatoms. The summed E-state index contributed by atoms with van der Waals surface area (Å²) < 4.78 is 29.8. The van der Waals surface area contributed by atoms with E-state index in [0.717, 1.165) is 53.8 Å². The Morgan fingerprint density at radius 1 is 0.972 bits per heavy atom. The van der Waals surface area contributed by atoms with Gasteiger partial charge in [0, 0.05) is 28.2 Å². The number of halogens is 1. The van der Waals surface area contributed by atoms with E-state index >= 15 is 0 Å². The molecule has 1 aromatic heterocycles. The van der Waals surface area contributed by atoms with Gasteiger partial charge in [-0.15, -0.1) is 0 Å². The molecule has 5 nitrogen and oxygen atoms in total. The van der Waals surface area contributed by atoms with E-state index in [1.165, 1.54) is 12.1 Å². The van der Waals surface area contributed by atoms with Crippen LogP contribution in [0.3, 0.4) is 0 Å². The molecule has 36 heavy (non-hydrogen) atoms. The average molecular weight is 508 g/mol. The summed E-state index contributed by atoms with van der Waals surface area (Å²) in [4.78, 5) is 17.9. The molecule has 1 saturated carbocycles. The lowest BCUT2D eigenvalue weighted by Crippen LogP contribution is -2.41. The molecule has 1 aliphatic carbocycles. The number of hydrogen-bond donors (Lipinski definition) is 2. The van der Waals surface area contributed by atoms with E-state index in [4.69, 9.17) is 0 Å². The molecule has 3 aromatic rings. The molecule has 1 unspecified atom stereocenters. The summed E-state index contributed by atoms with van der Waals surface area (Å²) >= 11 is 0. The van der Waals surface area contributed by atoms with Crippen molar-refractivity contribution in [1.82, 2.24) is 15.0 Å². The molecule has 0 radical (unpaired) electrons. The van der Waals surface area contributed by atoms with Crippen LogP contribution in [0.2, 0.25) is 0 Å². The monoisotopic (exact) mass is 507 g/mol. The van der Waals surface area contributed by atoms with Gasteiger partial charge in [-0.25, -0.2) is 13.3 Å². The Bertz CT molecular complexity index is 1290. The molecule has 1 aliphatic rings. The summed E-state index contributed by atoms with van der Waals surface area (Å²) in [6, 6.07) is 17.8.